The zero-order chi connectivity index (χ0) is 16.7. The van der Waals surface area contributed by atoms with Gasteiger partial charge in [-0.1, -0.05) is 54.6 Å². The molecule has 0 saturated heterocycles. The lowest BCUT2D eigenvalue weighted by atomic mass is 10.0. The molecule has 120 valence electrons. The predicted molar refractivity (Wildman–Crippen MR) is 90.9 cm³/mol. The summed E-state index contributed by atoms with van der Waals surface area (Å²) in [6.45, 7) is 1.86. The zero-order valence-electron chi connectivity index (χ0n) is 13.3. The summed E-state index contributed by atoms with van der Waals surface area (Å²) in [5.74, 6) is -0.236. The first-order valence-corrected chi connectivity index (χ1v) is 7.50. The molecule has 0 spiro atoms. The van der Waals surface area contributed by atoms with E-state index in [1.807, 2.05) is 49.4 Å². The van der Waals surface area contributed by atoms with Crippen molar-refractivity contribution < 1.29 is 9.59 Å². The summed E-state index contributed by atoms with van der Waals surface area (Å²) in [5.41, 5.74) is 3.29. The van der Waals surface area contributed by atoms with E-state index in [4.69, 9.17) is 0 Å². The molecule has 5 nitrogen and oxygen atoms in total. The lowest BCUT2D eigenvalue weighted by Gasteiger charge is -2.15. The monoisotopic (exact) mass is 311 g/mol. The molecule has 2 aromatic carbocycles. The molecule has 5 heteroatoms. The van der Waals surface area contributed by atoms with Gasteiger partial charge in [0.1, 0.15) is 0 Å². The summed E-state index contributed by atoms with van der Waals surface area (Å²) in [5, 5.41) is 7.76. The largest absolute Gasteiger partial charge is 0.358 e. The van der Waals surface area contributed by atoms with E-state index >= 15 is 0 Å². The summed E-state index contributed by atoms with van der Waals surface area (Å²) in [7, 11) is 1.53. The molecule has 0 radical (unpaired) electrons. The molecule has 1 atom stereocenters. The molecule has 0 heterocycles. The molecule has 0 aliphatic heterocycles. The summed E-state index contributed by atoms with van der Waals surface area (Å²) in [6.07, 6.45) is 0. The van der Waals surface area contributed by atoms with Crippen molar-refractivity contribution in [2.45, 2.75) is 13.0 Å². The number of hydrogen-bond donors (Lipinski definition) is 3. The Kier molecular flexibility index (Phi) is 5.74. The van der Waals surface area contributed by atoms with Crippen molar-refractivity contribution in [3.05, 3.63) is 60.2 Å². The molecule has 2 aromatic rings. The van der Waals surface area contributed by atoms with E-state index in [9.17, 15) is 9.59 Å². The van der Waals surface area contributed by atoms with E-state index in [1.165, 1.54) is 7.05 Å². The Morgan fingerprint density at radius 2 is 1.57 bits per heavy atom. The Labute approximate surface area is 136 Å². The van der Waals surface area contributed by atoms with Crippen LogP contribution in [0.15, 0.2) is 54.6 Å². The van der Waals surface area contributed by atoms with Crippen LogP contribution in [0.25, 0.3) is 11.1 Å². The van der Waals surface area contributed by atoms with E-state index in [-0.39, 0.29) is 24.5 Å². The molecule has 3 N–H and O–H groups in total. The number of carbonyl (C=O) groups excluding carboxylic acids is 2. The number of rotatable bonds is 5. The Hall–Kier alpha value is -2.82. The van der Waals surface area contributed by atoms with Gasteiger partial charge in [-0.15, -0.1) is 0 Å². The highest BCUT2D eigenvalue weighted by Crippen LogP contribution is 2.21. The van der Waals surface area contributed by atoms with Crippen LogP contribution >= 0.6 is 0 Å². The van der Waals surface area contributed by atoms with Gasteiger partial charge in [0.05, 0.1) is 12.6 Å². The van der Waals surface area contributed by atoms with Crippen LogP contribution in [0, 0.1) is 0 Å². The van der Waals surface area contributed by atoms with Crippen LogP contribution in [0.3, 0.4) is 0 Å². The molecule has 0 aliphatic carbocycles. The highest BCUT2D eigenvalue weighted by Gasteiger charge is 2.10. The number of nitrogens with one attached hydrogen (secondary N) is 3. The molecule has 2 rings (SSSR count). The molecular formula is C18H21N3O2. The Morgan fingerprint density at radius 3 is 2.17 bits per heavy atom. The number of amides is 3. The maximum absolute atomic E-state index is 11.7. The first-order valence-electron chi connectivity index (χ1n) is 7.50. The van der Waals surface area contributed by atoms with Crippen LogP contribution in [-0.2, 0) is 4.79 Å². The van der Waals surface area contributed by atoms with E-state index < -0.39 is 0 Å². The van der Waals surface area contributed by atoms with Crippen LogP contribution in [-0.4, -0.2) is 25.5 Å². The Balaban J connectivity index is 1.94. The minimum Gasteiger partial charge on any atom is -0.358 e. The number of likely N-dealkylation sites (N-methyl/N-ethyl adjacent to an activating group) is 1. The average molecular weight is 311 g/mol. The van der Waals surface area contributed by atoms with Gasteiger partial charge in [-0.25, -0.2) is 4.79 Å². The van der Waals surface area contributed by atoms with Crippen molar-refractivity contribution in [2.24, 2.45) is 0 Å². The molecular weight excluding hydrogens is 290 g/mol. The molecule has 0 aromatic heterocycles. The number of benzene rings is 2. The first-order chi connectivity index (χ1) is 11.1. The summed E-state index contributed by atoms with van der Waals surface area (Å²) < 4.78 is 0. The second kappa shape index (κ2) is 7.98. The number of urea groups is 1. The fourth-order valence-corrected chi connectivity index (χ4v) is 2.17. The predicted octanol–water partition coefficient (Wildman–Crippen LogP) is 2.46. The third-order valence-electron chi connectivity index (χ3n) is 3.55. The maximum atomic E-state index is 11.7. The quantitative estimate of drug-likeness (QED) is 0.794. The van der Waals surface area contributed by atoms with E-state index in [1.54, 1.807) is 0 Å². The van der Waals surface area contributed by atoms with Crippen molar-refractivity contribution in [1.82, 2.24) is 16.0 Å². The van der Waals surface area contributed by atoms with Crippen LogP contribution in [0.5, 0.6) is 0 Å². The van der Waals surface area contributed by atoms with Gasteiger partial charge in [0.15, 0.2) is 0 Å². The van der Waals surface area contributed by atoms with Crippen LogP contribution in [0.1, 0.15) is 18.5 Å². The molecule has 1 unspecified atom stereocenters. The van der Waals surface area contributed by atoms with Crippen molar-refractivity contribution >= 4 is 11.9 Å². The van der Waals surface area contributed by atoms with Gasteiger partial charge in [-0.05, 0) is 23.6 Å². The summed E-state index contributed by atoms with van der Waals surface area (Å²) in [6, 6.07) is 17.6. The van der Waals surface area contributed by atoms with Crippen molar-refractivity contribution in [3.8, 4) is 11.1 Å². The molecule has 3 amide bonds. The SMILES string of the molecule is CNC(=O)CNC(=O)NC(C)c1ccc(-c2ccccc2)cc1. The molecule has 23 heavy (non-hydrogen) atoms. The van der Waals surface area contributed by atoms with Gasteiger partial charge in [0.2, 0.25) is 5.91 Å². The fraction of sp³-hybridized carbons (Fsp3) is 0.222. The minimum absolute atomic E-state index is 0.0397. The molecule has 0 bridgehead atoms. The normalized spacial score (nSPS) is 11.4. The van der Waals surface area contributed by atoms with E-state index in [0.29, 0.717) is 0 Å². The molecule has 0 aliphatic rings. The first kappa shape index (κ1) is 16.5. The van der Waals surface area contributed by atoms with Crippen LogP contribution in [0.4, 0.5) is 4.79 Å². The van der Waals surface area contributed by atoms with Crippen molar-refractivity contribution in [3.63, 3.8) is 0 Å². The second-order valence-electron chi connectivity index (χ2n) is 5.21. The minimum atomic E-state index is -0.367. The van der Waals surface area contributed by atoms with Gasteiger partial charge < -0.3 is 16.0 Å². The zero-order valence-corrected chi connectivity index (χ0v) is 13.3. The average Bonchev–Trinajstić information content (AvgIpc) is 2.60. The Morgan fingerprint density at radius 1 is 0.957 bits per heavy atom. The van der Waals surface area contributed by atoms with Crippen LogP contribution in [0.2, 0.25) is 0 Å². The van der Waals surface area contributed by atoms with Gasteiger partial charge in [0, 0.05) is 7.05 Å². The lowest BCUT2D eigenvalue weighted by molar-refractivity contribution is -0.119. The fourth-order valence-electron chi connectivity index (χ4n) is 2.17. The molecule has 0 fully saturated rings. The third-order valence-corrected chi connectivity index (χ3v) is 3.55. The van der Waals surface area contributed by atoms with E-state index in [2.05, 4.69) is 28.1 Å². The third kappa shape index (κ3) is 4.85. The highest BCUT2D eigenvalue weighted by atomic mass is 16.2. The van der Waals surface area contributed by atoms with Crippen LogP contribution < -0.4 is 16.0 Å². The second-order valence-corrected chi connectivity index (χ2v) is 5.21. The number of carbonyl (C=O) groups is 2. The van der Waals surface area contributed by atoms with Gasteiger partial charge in [-0.2, -0.15) is 0 Å². The lowest BCUT2D eigenvalue weighted by Crippen LogP contribution is -2.42. The smallest absolute Gasteiger partial charge is 0.315 e. The standard InChI is InChI=1S/C18H21N3O2/c1-13(21-18(23)20-12-17(22)19-2)14-8-10-16(11-9-14)15-6-4-3-5-7-15/h3-11,13H,12H2,1-2H3,(H,19,22)(H2,20,21,23). The maximum Gasteiger partial charge on any atom is 0.315 e. The number of hydrogen-bond acceptors (Lipinski definition) is 2. The Bertz CT molecular complexity index is 654. The topological polar surface area (TPSA) is 70.2 Å². The highest BCUT2D eigenvalue weighted by molar-refractivity contribution is 5.83. The van der Waals surface area contributed by atoms with Crippen molar-refractivity contribution in [2.75, 3.05) is 13.6 Å². The van der Waals surface area contributed by atoms with E-state index in [0.717, 1.165) is 16.7 Å². The summed E-state index contributed by atoms with van der Waals surface area (Å²) >= 11 is 0. The molecule has 0 saturated carbocycles. The van der Waals surface area contributed by atoms with Gasteiger partial charge >= 0.3 is 6.03 Å². The summed E-state index contributed by atoms with van der Waals surface area (Å²) in [4.78, 5) is 22.8. The van der Waals surface area contributed by atoms with Crippen molar-refractivity contribution in [1.29, 1.82) is 0 Å². The van der Waals surface area contributed by atoms with Gasteiger partial charge in [0.25, 0.3) is 0 Å². The van der Waals surface area contributed by atoms with Gasteiger partial charge in [-0.3, -0.25) is 4.79 Å².